The third kappa shape index (κ3) is 5.62. The van der Waals surface area contributed by atoms with Gasteiger partial charge in [0, 0.05) is 50.3 Å². The minimum atomic E-state index is -0.196. The van der Waals surface area contributed by atoms with E-state index in [-0.39, 0.29) is 6.09 Å². The monoisotopic (exact) mass is 494 g/mol. The van der Waals surface area contributed by atoms with Gasteiger partial charge in [-0.05, 0) is 61.9 Å². The first-order valence-electron chi connectivity index (χ1n) is 13.3. The first kappa shape index (κ1) is 24.9. The van der Waals surface area contributed by atoms with Gasteiger partial charge < -0.3 is 23.8 Å². The molecule has 0 radical (unpaired) electrons. The molecule has 1 unspecified atom stereocenters. The lowest BCUT2D eigenvalue weighted by Gasteiger charge is -2.37. The summed E-state index contributed by atoms with van der Waals surface area (Å²) < 4.78 is 23.5. The number of fused-ring (bicyclic) bond motifs is 1. The maximum Gasteiger partial charge on any atom is 0.409 e. The van der Waals surface area contributed by atoms with E-state index in [1.807, 2.05) is 11.8 Å². The molecule has 7 heteroatoms. The van der Waals surface area contributed by atoms with E-state index in [0.717, 1.165) is 75.7 Å². The second-order valence-electron chi connectivity index (χ2n) is 10.1. The number of carbonyl (C=O) groups is 1. The van der Waals surface area contributed by atoms with Gasteiger partial charge in [-0.2, -0.15) is 0 Å². The zero-order valence-corrected chi connectivity index (χ0v) is 21.5. The molecule has 36 heavy (non-hydrogen) atoms. The molecule has 0 aromatic heterocycles. The molecule has 7 nitrogen and oxygen atoms in total. The predicted octanol–water partition coefficient (Wildman–Crippen LogP) is 4.89. The number of amides is 1. The molecule has 3 aliphatic rings. The number of hydrogen-bond acceptors (Lipinski definition) is 6. The Labute approximate surface area is 214 Å². The van der Waals surface area contributed by atoms with Crippen molar-refractivity contribution in [1.29, 1.82) is 0 Å². The number of ether oxygens (including phenoxy) is 4. The standard InChI is InChI=1S/C29H38N2O5/c1-3-34-29(32)30-11-8-25(9-12-30)31-13-15-35-28-24(18-31)16-23(26-7-5-4-6-21(26)2)17-27(28)36-20-22-10-14-33-19-22/h4-7,16-17,22,25H,3,8-15,18-20H2,1-2H3. The number of likely N-dealkylation sites (tertiary alicyclic amines) is 1. The van der Waals surface area contributed by atoms with Gasteiger partial charge in [-0.25, -0.2) is 4.79 Å². The molecule has 1 amide bonds. The highest BCUT2D eigenvalue weighted by Crippen LogP contribution is 2.40. The Hall–Kier alpha value is -2.77. The SMILES string of the molecule is CCOC(=O)N1CCC(N2CCOc3c(cc(-c4ccccc4C)cc3OCC3CCOC3)C2)CC1. The summed E-state index contributed by atoms with van der Waals surface area (Å²) in [6.07, 6.45) is 2.73. The largest absolute Gasteiger partial charge is 0.489 e. The van der Waals surface area contributed by atoms with E-state index in [0.29, 0.717) is 31.8 Å². The average molecular weight is 495 g/mol. The van der Waals surface area contributed by atoms with Crippen LogP contribution in [0.5, 0.6) is 11.5 Å². The molecule has 2 aromatic rings. The molecule has 1 atom stereocenters. The Kier molecular flexibility index (Phi) is 7.97. The Balaban J connectivity index is 1.38. The van der Waals surface area contributed by atoms with Gasteiger partial charge >= 0.3 is 6.09 Å². The fraction of sp³-hybridized carbons (Fsp3) is 0.552. The van der Waals surface area contributed by atoms with Crippen LogP contribution in [0.2, 0.25) is 0 Å². The Bertz CT molecular complexity index is 1040. The highest BCUT2D eigenvalue weighted by atomic mass is 16.6. The van der Waals surface area contributed by atoms with E-state index in [1.165, 1.54) is 16.7 Å². The van der Waals surface area contributed by atoms with E-state index in [2.05, 4.69) is 48.2 Å². The summed E-state index contributed by atoms with van der Waals surface area (Å²) in [4.78, 5) is 16.5. The number of hydrogen-bond donors (Lipinski definition) is 0. The number of benzene rings is 2. The van der Waals surface area contributed by atoms with E-state index >= 15 is 0 Å². The minimum Gasteiger partial charge on any atom is -0.489 e. The van der Waals surface area contributed by atoms with Gasteiger partial charge in [0.2, 0.25) is 0 Å². The van der Waals surface area contributed by atoms with Gasteiger partial charge in [0.1, 0.15) is 6.61 Å². The summed E-state index contributed by atoms with van der Waals surface area (Å²) in [7, 11) is 0. The molecule has 2 saturated heterocycles. The third-order valence-corrected chi connectivity index (χ3v) is 7.59. The first-order valence-corrected chi connectivity index (χ1v) is 13.3. The molecule has 5 rings (SSSR count). The summed E-state index contributed by atoms with van der Waals surface area (Å²) in [6, 6.07) is 13.3. The summed E-state index contributed by atoms with van der Waals surface area (Å²) in [5.74, 6) is 2.13. The van der Waals surface area contributed by atoms with Crippen molar-refractivity contribution < 1.29 is 23.7 Å². The zero-order chi connectivity index (χ0) is 24.9. The van der Waals surface area contributed by atoms with Crippen molar-refractivity contribution in [2.75, 3.05) is 52.7 Å². The molecule has 2 aromatic carbocycles. The second kappa shape index (κ2) is 11.5. The van der Waals surface area contributed by atoms with Crippen LogP contribution in [0.1, 0.15) is 37.3 Å². The number of nitrogens with zero attached hydrogens (tertiary/aromatic N) is 2. The molecule has 0 saturated carbocycles. The van der Waals surface area contributed by atoms with Crippen LogP contribution in [0.25, 0.3) is 11.1 Å². The minimum absolute atomic E-state index is 0.196. The van der Waals surface area contributed by atoms with Crippen LogP contribution in [0.3, 0.4) is 0 Å². The lowest BCUT2D eigenvalue weighted by molar-refractivity contribution is 0.0704. The fourth-order valence-corrected chi connectivity index (χ4v) is 5.53. The number of piperidine rings is 1. The summed E-state index contributed by atoms with van der Waals surface area (Å²) in [6.45, 7) is 10.4. The van der Waals surface area contributed by atoms with Crippen molar-refractivity contribution in [2.45, 2.75) is 45.7 Å². The topological polar surface area (TPSA) is 60.5 Å². The van der Waals surface area contributed by atoms with E-state index < -0.39 is 0 Å². The Morgan fingerprint density at radius 3 is 2.67 bits per heavy atom. The van der Waals surface area contributed by atoms with Gasteiger partial charge in [0.25, 0.3) is 0 Å². The van der Waals surface area contributed by atoms with Crippen molar-refractivity contribution in [1.82, 2.24) is 9.80 Å². The van der Waals surface area contributed by atoms with Crippen LogP contribution < -0.4 is 9.47 Å². The van der Waals surface area contributed by atoms with Gasteiger partial charge in [0.05, 0.1) is 19.8 Å². The number of carbonyl (C=O) groups excluding carboxylic acids is 1. The molecule has 3 heterocycles. The fourth-order valence-electron chi connectivity index (χ4n) is 5.53. The molecule has 0 aliphatic carbocycles. The lowest BCUT2D eigenvalue weighted by atomic mass is 9.97. The molecule has 194 valence electrons. The van der Waals surface area contributed by atoms with Crippen LogP contribution in [0.4, 0.5) is 4.79 Å². The zero-order valence-electron chi connectivity index (χ0n) is 21.5. The molecule has 0 spiro atoms. The lowest BCUT2D eigenvalue weighted by Crippen LogP contribution is -2.47. The summed E-state index contributed by atoms with van der Waals surface area (Å²) in [5, 5.41) is 0. The molecule has 0 bridgehead atoms. The maximum atomic E-state index is 12.1. The molecular formula is C29H38N2O5. The molecule has 0 N–H and O–H groups in total. The van der Waals surface area contributed by atoms with Crippen molar-refractivity contribution in [2.24, 2.45) is 5.92 Å². The van der Waals surface area contributed by atoms with E-state index in [9.17, 15) is 4.79 Å². The number of rotatable bonds is 6. The smallest absolute Gasteiger partial charge is 0.409 e. The van der Waals surface area contributed by atoms with Crippen LogP contribution >= 0.6 is 0 Å². The maximum absolute atomic E-state index is 12.1. The van der Waals surface area contributed by atoms with Crippen LogP contribution in [-0.4, -0.2) is 74.6 Å². The van der Waals surface area contributed by atoms with Crippen molar-refractivity contribution in [3.8, 4) is 22.6 Å². The van der Waals surface area contributed by atoms with Gasteiger partial charge in [-0.1, -0.05) is 24.3 Å². The molecule has 2 fully saturated rings. The van der Waals surface area contributed by atoms with Crippen molar-refractivity contribution in [3.63, 3.8) is 0 Å². The predicted molar refractivity (Wildman–Crippen MR) is 139 cm³/mol. The first-order chi connectivity index (χ1) is 17.6. The van der Waals surface area contributed by atoms with Crippen LogP contribution in [0.15, 0.2) is 36.4 Å². The van der Waals surface area contributed by atoms with E-state index in [4.69, 9.17) is 18.9 Å². The van der Waals surface area contributed by atoms with E-state index in [1.54, 1.807) is 0 Å². The molecule has 3 aliphatic heterocycles. The molecular weight excluding hydrogens is 456 g/mol. The normalized spacial score (nSPS) is 20.9. The highest BCUT2D eigenvalue weighted by Gasteiger charge is 2.30. The second-order valence-corrected chi connectivity index (χ2v) is 10.1. The highest BCUT2D eigenvalue weighted by molar-refractivity contribution is 5.72. The van der Waals surface area contributed by atoms with Gasteiger partial charge in [-0.15, -0.1) is 0 Å². The summed E-state index contributed by atoms with van der Waals surface area (Å²) >= 11 is 0. The average Bonchev–Trinajstić information content (AvgIpc) is 3.32. The summed E-state index contributed by atoms with van der Waals surface area (Å²) in [5.41, 5.74) is 4.78. The van der Waals surface area contributed by atoms with Crippen LogP contribution in [0, 0.1) is 12.8 Å². The van der Waals surface area contributed by atoms with Crippen molar-refractivity contribution >= 4 is 6.09 Å². The Morgan fingerprint density at radius 1 is 1.08 bits per heavy atom. The van der Waals surface area contributed by atoms with Gasteiger partial charge in [-0.3, -0.25) is 4.90 Å². The van der Waals surface area contributed by atoms with Crippen molar-refractivity contribution in [3.05, 3.63) is 47.5 Å². The third-order valence-electron chi connectivity index (χ3n) is 7.59. The quantitative estimate of drug-likeness (QED) is 0.570. The van der Waals surface area contributed by atoms with Gasteiger partial charge in [0.15, 0.2) is 11.5 Å². The number of aryl methyl sites for hydroxylation is 1. The van der Waals surface area contributed by atoms with Crippen LogP contribution in [-0.2, 0) is 16.0 Å². The Morgan fingerprint density at radius 2 is 1.92 bits per heavy atom.